The number of benzene rings is 1. The number of amides is 1. The van der Waals surface area contributed by atoms with E-state index in [1.54, 1.807) is 24.4 Å². The first-order valence-corrected chi connectivity index (χ1v) is 7.35. The van der Waals surface area contributed by atoms with Crippen LogP contribution in [0.4, 0.5) is 10.2 Å². The highest BCUT2D eigenvalue weighted by Crippen LogP contribution is 2.31. The van der Waals surface area contributed by atoms with Gasteiger partial charge in [-0.25, -0.2) is 9.37 Å². The van der Waals surface area contributed by atoms with E-state index in [2.05, 4.69) is 10.3 Å². The molecule has 0 bridgehead atoms. The Morgan fingerprint density at radius 3 is 2.78 bits per heavy atom. The van der Waals surface area contributed by atoms with Crippen molar-refractivity contribution in [3.05, 3.63) is 47.4 Å². The highest BCUT2D eigenvalue weighted by molar-refractivity contribution is 5.93. The molecule has 3 rings (SSSR count). The third-order valence-corrected chi connectivity index (χ3v) is 3.92. The molecule has 0 saturated heterocycles. The van der Waals surface area contributed by atoms with Crippen molar-refractivity contribution in [2.45, 2.75) is 26.3 Å². The normalized spacial score (nSPS) is 13.3. The molecule has 0 radical (unpaired) electrons. The Bertz CT molecular complexity index is 732. The predicted octanol–water partition coefficient (Wildman–Crippen LogP) is 3.43. The fourth-order valence-corrected chi connectivity index (χ4v) is 2.40. The van der Waals surface area contributed by atoms with Gasteiger partial charge >= 0.3 is 0 Å². The third-order valence-electron chi connectivity index (χ3n) is 3.92. The molecular formula is C17H19ClFN3O. The molecule has 0 aliphatic heterocycles. The van der Waals surface area contributed by atoms with Crippen LogP contribution in [0.15, 0.2) is 30.5 Å². The van der Waals surface area contributed by atoms with E-state index in [4.69, 9.17) is 5.73 Å². The topological polar surface area (TPSA) is 68.0 Å². The van der Waals surface area contributed by atoms with Crippen LogP contribution >= 0.6 is 12.4 Å². The lowest BCUT2D eigenvalue weighted by Crippen LogP contribution is -2.14. The minimum Gasteiger partial charge on any atom is -0.326 e. The Hall–Kier alpha value is -1.98. The van der Waals surface area contributed by atoms with Gasteiger partial charge < -0.3 is 11.1 Å². The number of nitrogens with one attached hydrogen (secondary N) is 1. The van der Waals surface area contributed by atoms with Gasteiger partial charge in [-0.3, -0.25) is 4.79 Å². The maximum absolute atomic E-state index is 14.3. The smallest absolute Gasteiger partial charge is 0.228 e. The van der Waals surface area contributed by atoms with Gasteiger partial charge in [-0.15, -0.1) is 12.4 Å². The zero-order valence-corrected chi connectivity index (χ0v) is 13.6. The average Bonchev–Trinajstić information content (AvgIpc) is 3.34. The second kappa shape index (κ2) is 7.06. The highest BCUT2D eigenvalue weighted by Gasteiger charge is 2.29. The number of halogens is 2. The number of hydrogen-bond acceptors (Lipinski definition) is 3. The van der Waals surface area contributed by atoms with Crippen LogP contribution in [0.3, 0.4) is 0 Å². The van der Waals surface area contributed by atoms with Gasteiger partial charge in [0.25, 0.3) is 0 Å². The maximum Gasteiger partial charge on any atom is 0.228 e. The van der Waals surface area contributed by atoms with Crippen molar-refractivity contribution in [3.8, 4) is 11.1 Å². The van der Waals surface area contributed by atoms with Crippen LogP contribution in [0.1, 0.15) is 24.0 Å². The summed E-state index contributed by atoms with van der Waals surface area (Å²) in [6.07, 6.45) is 3.43. The molecular weight excluding hydrogens is 317 g/mol. The summed E-state index contributed by atoms with van der Waals surface area (Å²) in [6, 6.07) is 6.67. The summed E-state index contributed by atoms with van der Waals surface area (Å²) in [5.41, 5.74) is 8.50. The SMILES string of the molecule is Cc1cc(-c2ccnc(NC(=O)C3CC3)c2)c(F)cc1CN.Cl. The Morgan fingerprint density at radius 1 is 1.39 bits per heavy atom. The van der Waals surface area contributed by atoms with Crippen molar-refractivity contribution in [3.63, 3.8) is 0 Å². The number of pyridine rings is 1. The molecule has 4 nitrogen and oxygen atoms in total. The highest BCUT2D eigenvalue weighted by atomic mass is 35.5. The zero-order chi connectivity index (χ0) is 15.7. The van der Waals surface area contributed by atoms with Gasteiger partial charge in [0, 0.05) is 24.2 Å². The van der Waals surface area contributed by atoms with Crippen LogP contribution in [0.2, 0.25) is 0 Å². The summed E-state index contributed by atoms with van der Waals surface area (Å²) in [5.74, 6) is 0.221. The van der Waals surface area contributed by atoms with Crippen molar-refractivity contribution in [2.75, 3.05) is 5.32 Å². The lowest BCUT2D eigenvalue weighted by atomic mass is 9.99. The fourth-order valence-electron chi connectivity index (χ4n) is 2.40. The molecule has 1 aromatic carbocycles. The number of anilines is 1. The van der Waals surface area contributed by atoms with E-state index in [0.717, 1.165) is 24.0 Å². The van der Waals surface area contributed by atoms with Crippen LogP contribution in [0.25, 0.3) is 11.1 Å². The maximum atomic E-state index is 14.3. The van der Waals surface area contributed by atoms with E-state index >= 15 is 0 Å². The monoisotopic (exact) mass is 335 g/mol. The molecule has 1 aliphatic carbocycles. The van der Waals surface area contributed by atoms with Crippen molar-refractivity contribution >= 4 is 24.1 Å². The molecule has 3 N–H and O–H groups in total. The number of nitrogens with two attached hydrogens (primary N) is 1. The summed E-state index contributed by atoms with van der Waals surface area (Å²) in [7, 11) is 0. The fraction of sp³-hybridized carbons (Fsp3) is 0.294. The van der Waals surface area contributed by atoms with Crippen LogP contribution in [0, 0.1) is 18.7 Å². The molecule has 0 unspecified atom stereocenters. The van der Waals surface area contributed by atoms with Crippen molar-refractivity contribution < 1.29 is 9.18 Å². The summed E-state index contributed by atoms with van der Waals surface area (Å²) in [6.45, 7) is 2.21. The molecule has 1 heterocycles. The quantitative estimate of drug-likeness (QED) is 0.899. The Labute approximate surface area is 140 Å². The molecule has 122 valence electrons. The first-order chi connectivity index (χ1) is 10.6. The molecule has 23 heavy (non-hydrogen) atoms. The van der Waals surface area contributed by atoms with E-state index in [0.29, 0.717) is 23.5 Å². The summed E-state index contributed by atoms with van der Waals surface area (Å²) >= 11 is 0. The molecule has 0 spiro atoms. The lowest BCUT2D eigenvalue weighted by Gasteiger charge is -2.10. The minimum absolute atomic E-state index is 0. The van der Waals surface area contributed by atoms with Crippen LogP contribution in [-0.4, -0.2) is 10.9 Å². The summed E-state index contributed by atoms with van der Waals surface area (Å²) < 4.78 is 14.3. The number of hydrogen-bond donors (Lipinski definition) is 2. The number of rotatable bonds is 4. The third kappa shape index (κ3) is 3.86. The van der Waals surface area contributed by atoms with Gasteiger partial charge in [0.15, 0.2) is 0 Å². The van der Waals surface area contributed by atoms with Gasteiger partial charge in [0.2, 0.25) is 5.91 Å². The molecule has 1 aromatic heterocycles. The molecule has 1 aliphatic rings. The van der Waals surface area contributed by atoms with Crippen molar-refractivity contribution in [2.24, 2.45) is 11.7 Å². The van der Waals surface area contributed by atoms with E-state index in [1.165, 1.54) is 6.07 Å². The van der Waals surface area contributed by atoms with Crippen molar-refractivity contribution in [1.82, 2.24) is 4.98 Å². The summed E-state index contributed by atoms with van der Waals surface area (Å²) in [4.78, 5) is 15.9. The van der Waals surface area contributed by atoms with E-state index in [9.17, 15) is 9.18 Å². The van der Waals surface area contributed by atoms with E-state index in [1.807, 2.05) is 6.92 Å². The number of carbonyl (C=O) groups is 1. The van der Waals surface area contributed by atoms with Crippen LogP contribution in [0.5, 0.6) is 0 Å². The predicted molar refractivity (Wildman–Crippen MR) is 90.9 cm³/mol. The van der Waals surface area contributed by atoms with Gasteiger partial charge in [-0.2, -0.15) is 0 Å². The molecule has 1 saturated carbocycles. The lowest BCUT2D eigenvalue weighted by molar-refractivity contribution is -0.117. The summed E-state index contributed by atoms with van der Waals surface area (Å²) in [5, 5.41) is 2.78. The Balaban J connectivity index is 0.00000192. The zero-order valence-electron chi connectivity index (χ0n) is 12.8. The van der Waals surface area contributed by atoms with Crippen LogP contribution in [-0.2, 0) is 11.3 Å². The van der Waals surface area contributed by atoms with Gasteiger partial charge in [0.1, 0.15) is 11.6 Å². The first kappa shape index (κ1) is 17.4. The minimum atomic E-state index is -0.322. The largest absolute Gasteiger partial charge is 0.326 e. The Kier molecular flexibility index (Phi) is 5.34. The van der Waals surface area contributed by atoms with Gasteiger partial charge in [-0.1, -0.05) is 0 Å². The van der Waals surface area contributed by atoms with Gasteiger partial charge in [-0.05, 0) is 60.7 Å². The second-order valence-electron chi connectivity index (χ2n) is 5.66. The first-order valence-electron chi connectivity index (χ1n) is 7.35. The number of carbonyl (C=O) groups excluding carboxylic acids is 1. The number of nitrogens with zero attached hydrogens (tertiary/aromatic N) is 1. The Morgan fingerprint density at radius 2 is 2.13 bits per heavy atom. The van der Waals surface area contributed by atoms with Crippen molar-refractivity contribution in [1.29, 1.82) is 0 Å². The van der Waals surface area contributed by atoms with E-state index < -0.39 is 0 Å². The average molecular weight is 336 g/mol. The molecule has 2 aromatic rings. The number of aryl methyl sites for hydroxylation is 1. The van der Waals surface area contributed by atoms with Gasteiger partial charge in [0.05, 0.1) is 0 Å². The molecule has 1 amide bonds. The molecule has 6 heteroatoms. The van der Waals surface area contributed by atoms with Crippen LogP contribution < -0.4 is 11.1 Å². The number of aromatic nitrogens is 1. The molecule has 1 fully saturated rings. The molecule has 0 atom stereocenters. The van der Waals surface area contributed by atoms with E-state index in [-0.39, 0.29) is 30.0 Å². The second-order valence-corrected chi connectivity index (χ2v) is 5.66. The standard InChI is InChI=1S/C17H18FN3O.ClH/c1-10-6-14(15(18)7-13(10)9-19)12-4-5-20-16(8-12)21-17(22)11-2-3-11;/h4-8,11H,2-3,9,19H2,1H3,(H,20,21,22);1H.